The van der Waals surface area contributed by atoms with Gasteiger partial charge in [-0.2, -0.15) is 0 Å². The molecular formula is C13H26N2O. The van der Waals surface area contributed by atoms with Crippen LogP contribution in [0, 0.1) is 11.8 Å². The van der Waals surface area contributed by atoms with Gasteiger partial charge >= 0.3 is 0 Å². The van der Waals surface area contributed by atoms with Crippen molar-refractivity contribution < 1.29 is 4.79 Å². The van der Waals surface area contributed by atoms with E-state index in [1.807, 2.05) is 0 Å². The van der Waals surface area contributed by atoms with E-state index in [0.717, 1.165) is 37.8 Å². The predicted molar refractivity (Wildman–Crippen MR) is 67.0 cm³/mol. The molecule has 0 spiro atoms. The van der Waals surface area contributed by atoms with Crippen molar-refractivity contribution in [1.82, 2.24) is 5.32 Å². The quantitative estimate of drug-likeness (QED) is 0.653. The van der Waals surface area contributed by atoms with Crippen molar-refractivity contribution in [2.45, 2.75) is 51.9 Å². The molecule has 3 N–H and O–H groups in total. The van der Waals surface area contributed by atoms with E-state index in [1.165, 1.54) is 25.7 Å². The maximum Gasteiger partial charge on any atom is 0.217 e. The standard InChI is InChI=1S/C13H26N2O/c1-11-5-7-12(8-6-11)10-15-9-3-2-4-13(14)16/h11-12,15H,2-10H2,1H3,(H2,14,16). The van der Waals surface area contributed by atoms with Gasteiger partial charge in [0.1, 0.15) is 0 Å². The van der Waals surface area contributed by atoms with Gasteiger partial charge in [-0.25, -0.2) is 0 Å². The van der Waals surface area contributed by atoms with Gasteiger partial charge in [-0.3, -0.25) is 4.79 Å². The van der Waals surface area contributed by atoms with Crippen LogP contribution in [0.15, 0.2) is 0 Å². The van der Waals surface area contributed by atoms with Gasteiger partial charge in [-0.1, -0.05) is 19.8 Å². The first-order valence-electron chi connectivity index (χ1n) is 6.67. The fourth-order valence-electron chi connectivity index (χ4n) is 2.39. The lowest BCUT2D eigenvalue weighted by Gasteiger charge is -2.26. The highest BCUT2D eigenvalue weighted by atomic mass is 16.1. The Kier molecular flexibility index (Phi) is 6.46. The normalized spacial score (nSPS) is 25.6. The zero-order valence-corrected chi connectivity index (χ0v) is 10.5. The smallest absolute Gasteiger partial charge is 0.217 e. The van der Waals surface area contributed by atoms with Crippen LogP contribution in [0.4, 0.5) is 0 Å². The number of rotatable bonds is 7. The maximum atomic E-state index is 10.5. The van der Waals surface area contributed by atoms with Gasteiger partial charge in [0.05, 0.1) is 0 Å². The van der Waals surface area contributed by atoms with E-state index in [9.17, 15) is 4.79 Å². The number of unbranched alkanes of at least 4 members (excludes halogenated alkanes) is 1. The number of carbonyl (C=O) groups is 1. The summed E-state index contributed by atoms with van der Waals surface area (Å²) in [6, 6.07) is 0. The number of amides is 1. The molecule has 1 saturated carbocycles. The van der Waals surface area contributed by atoms with Crippen molar-refractivity contribution in [3.05, 3.63) is 0 Å². The summed E-state index contributed by atoms with van der Waals surface area (Å²) in [6.07, 6.45) is 8.08. The van der Waals surface area contributed by atoms with Crippen LogP contribution in [-0.2, 0) is 4.79 Å². The first-order valence-corrected chi connectivity index (χ1v) is 6.67. The largest absolute Gasteiger partial charge is 0.370 e. The van der Waals surface area contributed by atoms with Crippen molar-refractivity contribution in [2.75, 3.05) is 13.1 Å². The third-order valence-electron chi connectivity index (χ3n) is 3.60. The molecule has 3 nitrogen and oxygen atoms in total. The second kappa shape index (κ2) is 7.66. The van der Waals surface area contributed by atoms with Gasteiger partial charge in [-0.05, 0) is 50.6 Å². The Bertz CT molecular complexity index is 198. The van der Waals surface area contributed by atoms with Crippen LogP contribution in [0.25, 0.3) is 0 Å². The number of hydrogen-bond donors (Lipinski definition) is 2. The summed E-state index contributed by atoms with van der Waals surface area (Å²) in [5, 5.41) is 3.49. The molecule has 0 atom stereocenters. The van der Waals surface area contributed by atoms with Gasteiger partial charge in [0.2, 0.25) is 5.91 Å². The van der Waals surface area contributed by atoms with Crippen molar-refractivity contribution in [3.8, 4) is 0 Å². The lowest BCUT2D eigenvalue weighted by atomic mass is 9.83. The third kappa shape index (κ3) is 6.11. The molecule has 0 radical (unpaired) electrons. The summed E-state index contributed by atoms with van der Waals surface area (Å²) in [5.41, 5.74) is 5.08. The second-order valence-electron chi connectivity index (χ2n) is 5.25. The van der Waals surface area contributed by atoms with Crippen LogP contribution in [0.2, 0.25) is 0 Å². The van der Waals surface area contributed by atoms with E-state index in [2.05, 4.69) is 12.2 Å². The SMILES string of the molecule is CC1CCC(CNCCCCC(N)=O)CC1. The van der Waals surface area contributed by atoms with Crippen LogP contribution in [-0.4, -0.2) is 19.0 Å². The van der Waals surface area contributed by atoms with Crippen LogP contribution >= 0.6 is 0 Å². The van der Waals surface area contributed by atoms with Gasteiger partial charge in [0.25, 0.3) is 0 Å². The van der Waals surface area contributed by atoms with E-state index in [-0.39, 0.29) is 5.91 Å². The molecule has 0 aromatic carbocycles. The first kappa shape index (κ1) is 13.5. The Morgan fingerprint density at radius 1 is 1.25 bits per heavy atom. The molecule has 0 saturated heterocycles. The van der Waals surface area contributed by atoms with Gasteiger partial charge < -0.3 is 11.1 Å². The highest BCUT2D eigenvalue weighted by Gasteiger charge is 2.17. The predicted octanol–water partition coefficient (Wildman–Crippen LogP) is 2.06. The molecule has 0 bridgehead atoms. The van der Waals surface area contributed by atoms with Gasteiger partial charge in [-0.15, -0.1) is 0 Å². The Balaban J connectivity index is 1.89. The minimum absolute atomic E-state index is 0.179. The molecule has 1 fully saturated rings. The second-order valence-corrected chi connectivity index (χ2v) is 5.25. The van der Waals surface area contributed by atoms with E-state index >= 15 is 0 Å². The summed E-state index contributed by atoms with van der Waals surface area (Å²) >= 11 is 0. The molecule has 1 aliphatic carbocycles. The van der Waals surface area contributed by atoms with E-state index < -0.39 is 0 Å². The van der Waals surface area contributed by atoms with Crippen molar-refractivity contribution in [1.29, 1.82) is 0 Å². The third-order valence-corrected chi connectivity index (χ3v) is 3.60. The van der Waals surface area contributed by atoms with Gasteiger partial charge in [0.15, 0.2) is 0 Å². The first-order chi connectivity index (χ1) is 7.68. The molecule has 1 rings (SSSR count). The zero-order valence-electron chi connectivity index (χ0n) is 10.5. The molecule has 16 heavy (non-hydrogen) atoms. The summed E-state index contributed by atoms with van der Waals surface area (Å²) in [6.45, 7) is 4.54. The number of primary amides is 1. The molecule has 0 heterocycles. The maximum absolute atomic E-state index is 10.5. The van der Waals surface area contributed by atoms with Crippen LogP contribution in [0.5, 0.6) is 0 Å². The van der Waals surface area contributed by atoms with Crippen molar-refractivity contribution in [3.63, 3.8) is 0 Å². The Morgan fingerprint density at radius 3 is 2.56 bits per heavy atom. The van der Waals surface area contributed by atoms with Crippen LogP contribution in [0.1, 0.15) is 51.9 Å². The number of nitrogens with one attached hydrogen (secondary N) is 1. The average Bonchev–Trinajstić information content (AvgIpc) is 2.25. The molecule has 0 aliphatic heterocycles. The molecule has 1 aliphatic rings. The summed E-state index contributed by atoms with van der Waals surface area (Å²) in [4.78, 5) is 10.5. The Hall–Kier alpha value is -0.570. The number of nitrogens with two attached hydrogens (primary N) is 1. The topological polar surface area (TPSA) is 55.1 Å². The van der Waals surface area contributed by atoms with Crippen LogP contribution in [0.3, 0.4) is 0 Å². The lowest BCUT2D eigenvalue weighted by Crippen LogP contribution is -2.26. The van der Waals surface area contributed by atoms with Crippen LogP contribution < -0.4 is 11.1 Å². The highest BCUT2D eigenvalue weighted by Crippen LogP contribution is 2.27. The number of carbonyl (C=O) groups excluding carboxylic acids is 1. The summed E-state index contributed by atoms with van der Waals surface area (Å²) in [5.74, 6) is 1.64. The Labute approximate surface area is 99.2 Å². The molecular weight excluding hydrogens is 200 g/mol. The van der Waals surface area contributed by atoms with Crippen molar-refractivity contribution in [2.24, 2.45) is 17.6 Å². The van der Waals surface area contributed by atoms with E-state index in [1.54, 1.807) is 0 Å². The average molecular weight is 226 g/mol. The zero-order chi connectivity index (χ0) is 11.8. The van der Waals surface area contributed by atoms with E-state index in [4.69, 9.17) is 5.73 Å². The molecule has 0 aromatic heterocycles. The molecule has 94 valence electrons. The monoisotopic (exact) mass is 226 g/mol. The lowest BCUT2D eigenvalue weighted by molar-refractivity contribution is -0.118. The molecule has 1 amide bonds. The summed E-state index contributed by atoms with van der Waals surface area (Å²) < 4.78 is 0. The Morgan fingerprint density at radius 2 is 1.94 bits per heavy atom. The van der Waals surface area contributed by atoms with Gasteiger partial charge in [0, 0.05) is 6.42 Å². The summed E-state index contributed by atoms with van der Waals surface area (Å²) in [7, 11) is 0. The molecule has 0 aromatic rings. The minimum Gasteiger partial charge on any atom is -0.370 e. The minimum atomic E-state index is -0.179. The molecule has 0 unspecified atom stereocenters. The van der Waals surface area contributed by atoms with E-state index in [0.29, 0.717) is 6.42 Å². The highest BCUT2D eigenvalue weighted by molar-refractivity contribution is 5.73. The number of hydrogen-bond acceptors (Lipinski definition) is 2. The fourth-order valence-corrected chi connectivity index (χ4v) is 2.39. The van der Waals surface area contributed by atoms with Crippen molar-refractivity contribution >= 4 is 5.91 Å². The molecule has 3 heteroatoms. The fraction of sp³-hybridized carbons (Fsp3) is 0.923.